The maximum Gasteiger partial charge on any atom is 0.418 e. The lowest BCUT2D eigenvalue weighted by molar-refractivity contribution is -0.137. The van der Waals surface area contributed by atoms with E-state index in [0.717, 1.165) is 23.4 Å². The number of aliphatic imine (C=N–C) groups is 1. The lowest BCUT2D eigenvalue weighted by atomic mass is 10.2. The van der Waals surface area contributed by atoms with Gasteiger partial charge in [-0.1, -0.05) is 48.0 Å². The van der Waals surface area contributed by atoms with Gasteiger partial charge in [-0.25, -0.2) is 4.99 Å². The van der Waals surface area contributed by atoms with Gasteiger partial charge in [0.2, 0.25) is 0 Å². The van der Waals surface area contributed by atoms with Crippen molar-refractivity contribution in [2.75, 3.05) is 7.11 Å². The van der Waals surface area contributed by atoms with Crippen molar-refractivity contribution in [2.45, 2.75) is 12.8 Å². The number of nitrogens with zero attached hydrogens (tertiary/aromatic N) is 1. The smallest absolute Gasteiger partial charge is 0.418 e. The van der Waals surface area contributed by atoms with Gasteiger partial charge in [0.15, 0.2) is 16.7 Å². The Morgan fingerprint density at radius 2 is 1.80 bits per heavy atom. The summed E-state index contributed by atoms with van der Waals surface area (Å²) in [6.45, 7) is 0.244. The highest BCUT2D eigenvalue weighted by Gasteiger charge is 2.34. The highest BCUT2D eigenvalue weighted by atomic mass is 35.5. The van der Waals surface area contributed by atoms with Gasteiger partial charge in [-0.3, -0.25) is 4.79 Å². The van der Waals surface area contributed by atoms with Crippen molar-refractivity contribution in [3.05, 3.63) is 93.3 Å². The summed E-state index contributed by atoms with van der Waals surface area (Å²) in [4.78, 5) is 16.7. The zero-order valence-electron chi connectivity index (χ0n) is 18.2. The van der Waals surface area contributed by atoms with Crippen LogP contribution in [0, 0.1) is 0 Å². The Morgan fingerprint density at radius 1 is 1.06 bits per heavy atom. The minimum atomic E-state index is -4.56. The first kappa shape index (κ1) is 24.7. The van der Waals surface area contributed by atoms with Gasteiger partial charge < -0.3 is 14.8 Å². The molecule has 1 fully saturated rings. The number of alkyl halides is 3. The first-order valence-corrected chi connectivity index (χ1v) is 11.4. The fraction of sp³-hybridized carbons (Fsp3) is 0.120. The van der Waals surface area contributed by atoms with E-state index in [2.05, 4.69) is 10.3 Å². The van der Waals surface area contributed by atoms with Crippen molar-refractivity contribution in [3.8, 4) is 11.5 Å². The van der Waals surface area contributed by atoms with E-state index in [1.165, 1.54) is 25.3 Å². The monoisotopic (exact) mass is 518 g/mol. The molecule has 0 aliphatic carbocycles. The van der Waals surface area contributed by atoms with Gasteiger partial charge in [-0.05, 0) is 53.7 Å². The number of ether oxygens (including phenoxy) is 2. The van der Waals surface area contributed by atoms with Crippen LogP contribution in [-0.2, 0) is 17.6 Å². The second-order valence-electron chi connectivity index (χ2n) is 7.29. The number of thioether (sulfide) groups is 1. The number of nitrogens with one attached hydrogen (secondary N) is 1. The van der Waals surface area contributed by atoms with Crippen LogP contribution in [0.1, 0.15) is 16.7 Å². The van der Waals surface area contributed by atoms with Crippen LogP contribution in [0.3, 0.4) is 0 Å². The van der Waals surface area contributed by atoms with Gasteiger partial charge in [0.1, 0.15) is 6.61 Å². The van der Waals surface area contributed by atoms with E-state index in [0.29, 0.717) is 22.1 Å². The third-order valence-corrected chi connectivity index (χ3v) is 6.19. The molecule has 0 unspecified atom stereocenters. The molecule has 0 bridgehead atoms. The maximum absolute atomic E-state index is 13.2. The van der Waals surface area contributed by atoms with Crippen molar-refractivity contribution < 1.29 is 27.4 Å². The van der Waals surface area contributed by atoms with Crippen molar-refractivity contribution in [1.82, 2.24) is 5.32 Å². The molecule has 0 radical (unpaired) electrons. The van der Waals surface area contributed by atoms with Crippen molar-refractivity contribution in [3.63, 3.8) is 0 Å². The zero-order valence-corrected chi connectivity index (χ0v) is 19.8. The minimum absolute atomic E-state index is 0.0598. The molecule has 1 amide bonds. The molecule has 0 aromatic heterocycles. The number of halogens is 4. The number of amidine groups is 1. The number of amides is 1. The van der Waals surface area contributed by atoms with Crippen LogP contribution >= 0.6 is 23.4 Å². The Balaban J connectivity index is 1.52. The SMILES string of the molecule is COc1cc(/C=C2\SC(=Nc3ccccc3C(F)(F)F)NC2=O)ccc1OCc1ccccc1Cl. The average molecular weight is 519 g/mol. The normalized spacial score (nSPS) is 16.0. The molecule has 1 heterocycles. The van der Waals surface area contributed by atoms with Crippen molar-refractivity contribution in [2.24, 2.45) is 4.99 Å². The Kier molecular flexibility index (Phi) is 7.37. The summed E-state index contributed by atoms with van der Waals surface area (Å²) in [5.74, 6) is 0.475. The van der Waals surface area contributed by atoms with Gasteiger partial charge in [-0.15, -0.1) is 0 Å². The second kappa shape index (κ2) is 10.5. The Labute approximate surface area is 208 Å². The molecule has 1 aliphatic rings. The van der Waals surface area contributed by atoms with Gasteiger partial charge in [0, 0.05) is 10.6 Å². The van der Waals surface area contributed by atoms with E-state index in [1.807, 2.05) is 18.2 Å². The van der Waals surface area contributed by atoms with Gasteiger partial charge in [0.25, 0.3) is 5.91 Å². The standard InChI is InChI=1S/C25H18ClF3N2O3S/c1-33-21-12-15(10-11-20(21)34-14-16-6-2-4-8-18(16)26)13-22-23(32)31-24(35-22)30-19-9-5-3-7-17(19)25(27,28)29/h2-13H,14H2,1H3,(H,30,31,32)/b22-13-. The van der Waals surface area contributed by atoms with E-state index in [9.17, 15) is 18.0 Å². The molecule has 0 spiro atoms. The van der Waals surface area contributed by atoms with Crippen LogP contribution in [-0.4, -0.2) is 18.2 Å². The average Bonchev–Trinajstić information content (AvgIpc) is 3.17. The predicted molar refractivity (Wildman–Crippen MR) is 131 cm³/mol. The number of hydrogen-bond acceptors (Lipinski definition) is 5. The molecule has 3 aromatic carbocycles. The molecule has 1 N–H and O–H groups in total. The van der Waals surface area contributed by atoms with Gasteiger partial charge >= 0.3 is 6.18 Å². The van der Waals surface area contributed by atoms with Crippen LogP contribution < -0.4 is 14.8 Å². The lowest BCUT2D eigenvalue weighted by Gasteiger charge is -2.12. The second-order valence-corrected chi connectivity index (χ2v) is 8.72. The summed E-state index contributed by atoms with van der Waals surface area (Å²) in [7, 11) is 1.49. The van der Waals surface area contributed by atoms with Crippen LogP contribution in [0.5, 0.6) is 11.5 Å². The lowest BCUT2D eigenvalue weighted by Crippen LogP contribution is -2.19. The van der Waals surface area contributed by atoms with Crippen LogP contribution in [0.2, 0.25) is 5.02 Å². The largest absolute Gasteiger partial charge is 0.493 e. The zero-order chi connectivity index (χ0) is 25.0. The summed E-state index contributed by atoms with van der Waals surface area (Å²) in [6.07, 6.45) is -2.96. The summed E-state index contributed by atoms with van der Waals surface area (Å²) < 4.78 is 51.0. The number of carbonyl (C=O) groups is 1. The van der Waals surface area contributed by atoms with Crippen LogP contribution in [0.15, 0.2) is 76.6 Å². The highest BCUT2D eigenvalue weighted by Crippen LogP contribution is 2.38. The summed E-state index contributed by atoms with van der Waals surface area (Å²) in [5, 5.41) is 3.16. The molecule has 35 heavy (non-hydrogen) atoms. The fourth-order valence-electron chi connectivity index (χ4n) is 3.22. The quantitative estimate of drug-likeness (QED) is 0.363. The summed E-state index contributed by atoms with van der Waals surface area (Å²) in [5.41, 5.74) is 0.310. The molecular formula is C25H18ClF3N2O3S. The third-order valence-electron chi connectivity index (χ3n) is 4.91. The molecule has 1 aliphatic heterocycles. The number of hydrogen-bond donors (Lipinski definition) is 1. The topological polar surface area (TPSA) is 59.9 Å². The summed E-state index contributed by atoms with van der Waals surface area (Å²) in [6, 6.07) is 17.4. The Bertz CT molecular complexity index is 1330. The summed E-state index contributed by atoms with van der Waals surface area (Å²) >= 11 is 7.12. The van der Waals surface area contributed by atoms with E-state index in [1.54, 1.807) is 30.3 Å². The maximum atomic E-state index is 13.2. The van der Waals surface area contributed by atoms with Crippen LogP contribution in [0.4, 0.5) is 18.9 Å². The van der Waals surface area contributed by atoms with Gasteiger partial charge in [-0.2, -0.15) is 13.2 Å². The molecule has 10 heteroatoms. The van der Waals surface area contributed by atoms with Crippen molar-refractivity contribution in [1.29, 1.82) is 0 Å². The number of benzene rings is 3. The van der Waals surface area contributed by atoms with Gasteiger partial charge in [0.05, 0.1) is 23.3 Å². The van der Waals surface area contributed by atoms with E-state index in [4.69, 9.17) is 21.1 Å². The Hall–Kier alpha value is -3.43. The molecule has 5 nitrogen and oxygen atoms in total. The van der Waals surface area contributed by atoms with Crippen LogP contribution in [0.25, 0.3) is 6.08 Å². The number of methoxy groups -OCH3 is 1. The first-order valence-electron chi connectivity index (χ1n) is 10.2. The molecule has 180 valence electrons. The molecule has 0 saturated carbocycles. The third kappa shape index (κ3) is 5.98. The molecular weight excluding hydrogens is 501 g/mol. The Morgan fingerprint density at radius 3 is 2.54 bits per heavy atom. The highest BCUT2D eigenvalue weighted by molar-refractivity contribution is 8.18. The molecule has 0 atom stereocenters. The predicted octanol–water partition coefficient (Wildman–Crippen LogP) is 6.84. The number of para-hydroxylation sites is 1. The number of carbonyl (C=O) groups excluding carboxylic acids is 1. The minimum Gasteiger partial charge on any atom is -0.493 e. The van der Waals surface area contributed by atoms with E-state index < -0.39 is 17.6 Å². The van der Waals surface area contributed by atoms with Crippen molar-refractivity contribution >= 4 is 46.2 Å². The number of rotatable bonds is 6. The molecule has 4 rings (SSSR count). The first-order chi connectivity index (χ1) is 16.7. The fourth-order valence-corrected chi connectivity index (χ4v) is 4.24. The molecule has 1 saturated heterocycles. The van der Waals surface area contributed by atoms with E-state index >= 15 is 0 Å². The molecule has 3 aromatic rings. The van der Waals surface area contributed by atoms with E-state index in [-0.39, 0.29) is 22.4 Å².